The Morgan fingerprint density at radius 1 is 1.11 bits per heavy atom. The first-order valence-electron chi connectivity index (χ1n) is 11.5. The maximum absolute atomic E-state index is 13.3. The summed E-state index contributed by atoms with van der Waals surface area (Å²) in [6, 6.07) is 3.92. The summed E-state index contributed by atoms with van der Waals surface area (Å²) >= 11 is 1.24. The summed E-state index contributed by atoms with van der Waals surface area (Å²) < 4.78 is -0.820. The molecule has 3 aliphatic rings. The van der Waals surface area contributed by atoms with E-state index in [2.05, 4.69) is 10.6 Å². The summed E-state index contributed by atoms with van der Waals surface area (Å²) in [7, 11) is 0. The third-order valence-corrected chi connectivity index (χ3v) is 8.13. The van der Waals surface area contributed by atoms with Gasteiger partial charge in [0.15, 0.2) is 0 Å². The van der Waals surface area contributed by atoms with Crippen molar-refractivity contribution in [3.63, 3.8) is 0 Å². The van der Waals surface area contributed by atoms with E-state index in [1.54, 1.807) is 51.1 Å². The number of urea groups is 1. The Labute approximate surface area is 239 Å². The second-order valence-corrected chi connectivity index (χ2v) is 11.0. The van der Waals surface area contributed by atoms with Gasteiger partial charge in [-0.3, -0.25) is 24.1 Å². The molecule has 3 heterocycles. The van der Waals surface area contributed by atoms with E-state index in [1.165, 1.54) is 21.6 Å². The van der Waals surface area contributed by atoms with Crippen molar-refractivity contribution in [3.8, 4) is 0 Å². The first kappa shape index (κ1) is 29.0. The number of nitrogens with zero attached hydrogens (tertiary/aromatic N) is 3. The van der Waals surface area contributed by atoms with E-state index in [-0.39, 0.29) is 42.6 Å². The van der Waals surface area contributed by atoms with Crippen LogP contribution in [0.3, 0.4) is 0 Å². The Bertz CT molecular complexity index is 1130. The number of carbonyl (C=O) groups is 6. The number of amides is 6. The molecule has 2 N–H and O–H groups in total. The van der Waals surface area contributed by atoms with Gasteiger partial charge in [-0.1, -0.05) is 30.3 Å². The van der Waals surface area contributed by atoms with Crippen LogP contribution in [0.1, 0.15) is 32.4 Å². The van der Waals surface area contributed by atoms with Gasteiger partial charge in [-0.15, -0.1) is 11.8 Å². The van der Waals surface area contributed by atoms with Crippen molar-refractivity contribution in [2.24, 2.45) is 0 Å². The Morgan fingerprint density at radius 2 is 1.76 bits per heavy atom. The van der Waals surface area contributed by atoms with Gasteiger partial charge in [0.25, 0.3) is 0 Å². The Hall–Kier alpha value is -2.61. The van der Waals surface area contributed by atoms with E-state index in [0.29, 0.717) is 12.1 Å². The Kier molecular flexibility index (Phi) is 8.62. The SMILES string of the molecule is CCN1CCN(C(=O)N[C@@H](C(=O)N[C@@H]2C(=O)N3C2SC(C)(C)[C@@H]3C(=O)[O-])c2ccccc2)C(=O)C1=O.[Na+]. The van der Waals surface area contributed by atoms with Crippen LogP contribution in [-0.4, -0.2) is 92.2 Å². The maximum atomic E-state index is 13.3. The number of hydrogen-bond acceptors (Lipinski definition) is 8. The number of nitrogens with one attached hydrogen (secondary N) is 2. The minimum absolute atomic E-state index is 0. The molecule has 0 bridgehead atoms. The summed E-state index contributed by atoms with van der Waals surface area (Å²) in [5.41, 5.74) is 0.393. The number of β-lactam (4-membered cyclic amide) rings is 1. The van der Waals surface area contributed by atoms with E-state index in [9.17, 15) is 33.9 Å². The van der Waals surface area contributed by atoms with Gasteiger partial charge >= 0.3 is 47.4 Å². The van der Waals surface area contributed by atoms with Crippen molar-refractivity contribution in [2.75, 3.05) is 19.6 Å². The number of aliphatic carboxylic acids is 1. The van der Waals surface area contributed by atoms with Crippen molar-refractivity contribution in [2.45, 2.75) is 49.0 Å². The maximum Gasteiger partial charge on any atom is 1.00 e. The predicted molar refractivity (Wildman–Crippen MR) is 125 cm³/mol. The molecular weight excluding hydrogens is 513 g/mol. The quantitative estimate of drug-likeness (QED) is 0.208. The van der Waals surface area contributed by atoms with Gasteiger partial charge in [0, 0.05) is 24.4 Å². The van der Waals surface area contributed by atoms with Gasteiger partial charge in [0.05, 0.1) is 12.0 Å². The van der Waals surface area contributed by atoms with E-state index in [0.717, 1.165) is 4.90 Å². The number of fused-ring (bicyclic) bond motifs is 1. The van der Waals surface area contributed by atoms with E-state index in [4.69, 9.17) is 0 Å². The molecule has 3 fully saturated rings. The number of hydrogen-bond donors (Lipinski definition) is 2. The van der Waals surface area contributed by atoms with E-state index >= 15 is 0 Å². The summed E-state index contributed by atoms with van der Waals surface area (Å²) in [6.45, 7) is 5.58. The average Bonchev–Trinajstić information content (AvgIpc) is 3.10. The summed E-state index contributed by atoms with van der Waals surface area (Å²) in [5, 5.41) is 16.1. The zero-order valence-corrected chi connectivity index (χ0v) is 23.7. The fourth-order valence-corrected chi connectivity index (χ4v) is 6.30. The molecule has 37 heavy (non-hydrogen) atoms. The van der Waals surface area contributed by atoms with Gasteiger partial charge in [0.2, 0.25) is 11.8 Å². The van der Waals surface area contributed by atoms with Crippen LogP contribution in [0.25, 0.3) is 0 Å². The molecule has 192 valence electrons. The molecule has 3 aliphatic heterocycles. The van der Waals surface area contributed by atoms with Crippen molar-refractivity contribution in [1.29, 1.82) is 0 Å². The van der Waals surface area contributed by atoms with Gasteiger partial charge in [0.1, 0.15) is 17.5 Å². The van der Waals surface area contributed by atoms with Crippen LogP contribution in [0, 0.1) is 0 Å². The number of carboxylic acids is 1. The molecule has 0 spiro atoms. The average molecular weight is 540 g/mol. The number of rotatable bonds is 6. The minimum atomic E-state index is -1.37. The zero-order valence-electron chi connectivity index (χ0n) is 20.9. The topological polar surface area (TPSA) is 159 Å². The van der Waals surface area contributed by atoms with Crippen LogP contribution < -0.4 is 45.3 Å². The molecule has 0 aliphatic carbocycles. The smallest absolute Gasteiger partial charge is 0.548 e. The standard InChI is InChI=1S/C23H27N5O7S.Na/c1-4-26-10-11-27(19(32)18(26)31)22(35)25-13(12-8-6-5-7-9-12)16(29)24-14-17(30)28-15(21(33)34)23(2,3)36-20(14)28;/h5-9,13-15,20H,4,10-11H2,1-3H3,(H,24,29)(H,25,35)(H,33,34);/q;+1/p-1/t13-,14-,15+,20?;/m1./s1. The first-order valence-corrected chi connectivity index (χ1v) is 12.3. The molecule has 4 atom stereocenters. The molecule has 0 radical (unpaired) electrons. The largest absolute Gasteiger partial charge is 1.00 e. The zero-order chi connectivity index (χ0) is 26.4. The number of likely N-dealkylation sites (N-methyl/N-ethyl adjacent to an activating group) is 1. The van der Waals surface area contributed by atoms with Crippen LogP contribution in [0.5, 0.6) is 0 Å². The molecule has 12 nitrogen and oxygen atoms in total. The molecule has 1 aromatic rings. The molecule has 0 saturated carbocycles. The number of thioether (sulfide) groups is 1. The van der Waals surface area contributed by atoms with E-state index in [1.807, 2.05) is 0 Å². The molecule has 6 amide bonds. The Morgan fingerprint density at radius 3 is 2.35 bits per heavy atom. The van der Waals surface area contributed by atoms with Crippen LogP contribution in [-0.2, 0) is 24.0 Å². The van der Waals surface area contributed by atoms with Crippen LogP contribution in [0.4, 0.5) is 4.79 Å². The van der Waals surface area contributed by atoms with Crippen LogP contribution >= 0.6 is 11.8 Å². The van der Waals surface area contributed by atoms with Crippen molar-refractivity contribution < 1.29 is 63.4 Å². The number of carboxylic acid groups (broad SMARTS) is 1. The molecule has 0 aromatic heterocycles. The molecule has 1 unspecified atom stereocenters. The summed E-state index contributed by atoms with van der Waals surface area (Å²) in [4.78, 5) is 78.6. The van der Waals surface area contributed by atoms with Crippen LogP contribution in [0.15, 0.2) is 30.3 Å². The summed E-state index contributed by atoms with van der Waals surface area (Å²) in [6.07, 6.45) is 0. The van der Waals surface area contributed by atoms with Gasteiger partial charge in [-0.25, -0.2) is 4.79 Å². The predicted octanol–water partition coefficient (Wildman–Crippen LogP) is -4.57. The fraction of sp³-hybridized carbons (Fsp3) is 0.478. The number of piperazine rings is 1. The van der Waals surface area contributed by atoms with Gasteiger partial charge in [-0.05, 0) is 26.3 Å². The molecule has 1 aromatic carbocycles. The molecule has 3 saturated heterocycles. The van der Waals surface area contributed by atoms with Crippen molar-refractivity contribution in [3.05, 3.63) is 35.9 Å². The van der Waals surface area contributed by atoms with Crippen molar-refractivity contribution >= 4 is 47.4 Å². The van der Waals surface area contributed by atoms with E-state index < -0.39 is 63.9 Å². The third kappa shape index (κ3) is 5.22. The second-order valence-electron chi connectivity index (χ2n) is 9.20. The van der Waals surface area contributed by atoms with Crippen molar-refractivity contribution in [1.82, 2.24) is 25.3 Å². The normalized spacial score (nSPS) is 25.0. The molecule has 14 heteroatoms. The second kappa shape index (κ2) is 11.0. The number of carbonyl (C=O) groups excluding carboxylic acids is 6. The summed E-state index contributed by atoms with van der Waals surface area (Å²) in [5.74, 6) is -4.44. The Balaban J connectivity index is 0.00000380. The number of benzene rings is 1. The molecular formula is C23H26N5NaO7S. The van der Waals surface area contributed by atoms with Gasteiger partial charge in [-0.2, -0.15) is 0 Å². The number of imide groups is 1. The molecule has 4 rings (SSSR count). The van der Waals surface area contributed by atoms with Crippen LogP contribution in [0.2, 0.25) is 0 Å². The third-order valence-electron chi connectivity index (χ3n) is 6.56. The monoisotopic (exact) mass is 539 g/mol. The minimum Gasteiger partial charge on any atom is -0.548 e. The fourth-order valence-electron chi connectivity index (χ4n) is 4.68. The first-order chi connectivity index (χ1) is 17.0. The van der Waals surface area contributed by atoms with Gasteiger partial charge < -0.3 is 30.3 Å².